The number of allylic oxidation sites excluding steroid dienone is 2. The summed E-state index contributed by atoms with van der Waals surface area (Å²) in [5.74, 6) is -2.98. The van der Waals surface area contributed by atoms with E-state index in [9.17, 15) is 24.6 Å². The predicted octanol–water partition coefficient (Wildman–Crippen LogP) is 1.77. The Kier molecular flexibility index (Phi) is 2.71. The van der Waals surface area contributed by atoms with E-state index in [0.717, 1.165) is 6.07 Å². The maximum Gasteiger partial charge on any atom is 0.193 e. The van der Waals surface area contributed by atoms with Crippen molar-refractivity contribution < 1.29 is 24.6 Å². The molecule has 1 aromatic carbocycles. The molecular weight excluding hydrogens is 260 g/mol. The summed E-state index contributed by atoms with van der Waals surface area (Å²) < 4.78 is 0. The maximum absolute atomic E-state index is 12.5. The fraction of sp³-hybridized carbons (Fsp3) is 0.267. The highest BCUT2D eigenvalue weighted by Crippen LogP contribution is 2.39. The number of ketones is 3. The largest absolute Gasteiger partial charge is 0.507 e. The minimum absolute atomic E-state index is 0.0457. The summed E-state index contributed by atoms with van der Waals surface area (Å²) in [7, 11) is 0. The number of phenols is 2. The first-order chi connectivity index (χ1) is 9.50. The lowest BCUT2D eigenvalue weighted by Gasteiger charge is -2.12. The number of aromatic hydroxyl groups is 2. The average molecular weight is 272 g/mol. The molecule has 0 heterocycles. The van der Waals surface area contributed by atoms with Crippen molar-refractivity contribution in [1.82, 2.24) is 0 Å². The Bertz CT molecular complexity index is 684. The molecule has 0 saturated carbocycles. The Morgan fingerprint density at radius 3 is 2.35 bits per heavy atom. The van der Waals surface area contributed by atoms with Crippen LogP contribution in [-0.4, -0.2) is 27.6 Å². The van der Waals surface area contributed by atoms with Gasteiger partial charge in [0, 0.05) is 6.42 Å². The van der Waals surface area contributed by atoms with Crippen LogP contribution in [0.25, 0.3) is 0 Å². The van der Waals surface area contributed by atoms with Crippen LogP contribution in [-0.2, 0) is 4.79 Å². The number of hydrogen-bond acceptors (Lipinski definition) is 5. The third-order valence-corrected chi connectivity index (χ3v) is 3.84. The standard InChI is InChI=1S/C15H12O5/c16-9-3-1-2-7-6-8(9)15(20)13-11(18)5-4-10(17)12(13)14(7)19/h2,4-5,8,17-18H,1,3,6H2. The highest BCUT2D eigenvalue weighted by molar-refractivity contribution is 6.24. The number of carbonyl (C=O) groups excluding carboxylic acids is 3. The first kappa shape index (κ1) is 12.6. The second-order valence-electron chi connectivity index (χ2n) is 5.04. The number of hydrogen-bond donors (Lipinski definition) is 2. The lowest BCUT2D eigenvalue weighted by Crippen LogP contribution is -2.23. The van der Waals surface area contributed by atoms with Gasteiger partial charge in [0.25, 0.3) is 0 Å². The van der Waals surface area contributed by atoms with E-state index in [1.807, 2.05) is 0 Å². The minimum atomic E-state index is -0.943. The number of rotatable bonds is 0. The first-order valence-corrected chi connectivity index (χ1v) is 6.36. The molecule has 2 N–H and O–H groups in total. The Morgan fingerprint density at radius 2 is 1.65 bits per heavy atom. The molecule has 0 radical (unpaired) electrons. The van der Waals surface area contributed by atoms with Crippen molar-refractivity contribution in [3.8, 4) is 11.5 Å². The van der Waals surface area contributed by atoms with Crippen LogP contribution in [0.15, 0.2) is 23.8 Å². The van der Waals surface area contributed by atoms with Gasteiger partial charge in [0.1, 0.15) is 17.3 Å². The van der Waals surface area contributed by atoms with Crippen molar-refractivity contribution in [3.05, 3.63) is 34.9 Å². The zero-order valence-electron chi connectivity index (χ0n) is 10.5. The van der Waals surface area contributed by atoms with Crippen LogP contribution in [0.5, 0.6) is 11.5 Å². The molecule has 20 heavy (non-hydrogen) atoms. The molecular formula is C15H12O5. The smallest absolute Gasteiger partial charge is 0.193 e. The predicted molar refractivity (Wildman–Crippen MR) is 68.9 cm³/mol. The van der Waals surface area contributed by atoms with Gasteiger partial charge in [0.05, 0.1) is 17.0 Å². The van der Waals surface area contributed by atoms with Gasteiger partial charge in [0.2, 0.25) is 0 Å². The SMILES string of the molecule is O=C1C2=CCCC(=O)C(C2)C(=O)c2c(O)ccc(O)c21. The van der Waals surface area contributed by atoms with Gasteiger partial charge in [-0.25, -0.2) is 0 Å². The molecule has 5 heteroatoms. The Hall–Kier alpha value is -2.43. The van der Waals surface area contributed by atoms with Crippen LogP contribution in [0.2, 0.25) is 0 Å². The number of fused-ring (bicyclic) bond motifs is 3. The third-order valence-electron chi connectivity index (χ3n) is 3.84. The topological polar surface area (TPSA) is 91.7 Å². The van der Waals surface area contributed by atoms with Gasteiger partial charge in [-0.3, -0.25) is 14.4 Å². The van der Waals surface area contributed by atoms with Crippen LogP contribution in [0.3, 0.4) is 0 Å². The first-order valence-electron chi connectivity index (χ1n) is 6.36. The summed E-state index contributed by atoms with van der Waals surface area (Å²) in [6.45, 7) is 0. The van der Waals surface area contributed by atoms with Crippen LogP contribution in [0, 0.1) is 5.92 Å². The molecule has 102 valence electrons. The van der Waals surface area contributed by atoms with Crippen LogP contribution >= 0.6 is 0 Å². The van der Waals surface area contributed by atoms with Crippen molar-refractivity contribution in [2.75, 3.05) is 0 Å². The zero-order valence-corrected chi connectivity index (χ0v) is 10.5. The van der Waals surface area contributed by atoms with Crippen LogP contribution in [0.1, 0.15) is 40.0 Å². The molecule has 1 unspecified atom stereocenters. The highest BCUT2D eigenvalue weighted by atomic mass is 16.3. The highest BCUT2D eigenvalue weighted by Gasteiger charge is 2.39. The van der Waals surface area contributed by atoms with E-state index in [1.165, 1.54) is 6.07 Å². The molecule has 2 bridgehead atoms. The second kappa shape index (κ2) is 4.30. The van der Waals surface area contributed by atoms with E-state index in [4.69, 9.17) is 0 Å². The number of carbonyl (C=O) groups is 3. The average Bonchev–Trinajstić information content (AvgIpc) is 2.67. The molecule has 0 spiro atoms. The summed E-state index contributed by atoms with van der Waals surface area (Å²) in [6.07, 6.45) is 2.32. The fourth-order valence-corrected chi connectivity index (χ4v) is 2.80. The summed E-state index contributed by atoms with van der Waals surface area (Å²) in [4.78, 5) is 36.9. The summed E-state index contributed by atoms with van der Waals surface area (Å²) >= 11 is 0. The minimum Gasteiger partial charge on any atom is -0.507 e. The van der Waals surface area contributed by atoms with E-state index in [1.54, 1.807) is 6.08 Å². The molecule has 1 atom stereocenters. The number of benzene rings is 1. The monoisotopic (exact) mass is 272 g/mol. The quantitative estimate of drug-likeness (QED) is 0.554. The van der Waals surface area contributed by atoms with E-state index in [0.29, 0.717) is 12.0 Å². The van der Waals surface area contributed by atoms with Gasteiger partial charge in [-0.05, 0) is 30.5 Å². The molecule has 0 fully saturated rings. The molecule has 5 nitrogen and oxygen atoms in total. The Morgan fingerprint density at radius 1 is 1.00 bits per heavy atom. The second-order valence-corrected chi connectivity index (χ2v) is 5.04. The molecule has 3 rings (SSSR count). The van der Waals surface area contributed by atoms with E-state index < -0.39 is 17.5 Å². The molecule has 0 saturated heterocycles. The van der Waals surface area contributed by atoms with E-state index in [-0.39, 0.29) is 41.3 Å². The van der Waals surface area contributed by atoms with Crippen molar-refractivity contribution in [3.63, 3.8) is 0 Å². The van der Waals surface area contributed by atoms with Crippen molar-refractivity contribution in [2.24, 2.45) is 5.92 Å². The molecule has 2 aliphatic rings. The normalized spacial score (nSPS) is 21.9. The van der Waals surface area contributed by atoms with Crippen molar-refractivity contribution in [2.45, 2.75) is 19.3 Å². The van der Waals surface area contributed by atoms with E-state index >= 15 is 0 Å². The maximum atomic E-state index is 12.5. The lowest BCUT2D eigenvalue weighted by atomic mass is 9.90. The Balaban J connectivity index is 2.33. The van der Waals surface area contributed by atoms with Crippen molar-refractivity contribution in [1.29, 1.82) is 0 Å². The van der Waals surface area contributed by atoms with Gasteiger partial charge in [0.15, 0.2) is 11.6 Å². The van der Waals surface area contributed by atoms with E-state index in [2.05, 4.69) is 0 Å². The fourth-order valence-electron chi connectivity index (χ4n) is 2.80. The zero-order chi connectivity index (χ0) is 14.4. The number of phenolic OH excluding ortho intramolecular Hbond substituents is 2. The summed E-state index contributed by atoms with van der Waals surface area (Å²) in [6, 6.07) is 2.33. The molecule has 0 aromatic heterocycles. The molecule has 0 aliphatic heterocycles. The van der Waals surface area contributed by atoms with Gasteiger partial charge in [-0.1, -0.05) is 6.08 Å². The molecule has 1 aromatic rings. The summed E-state index contributed by atoms with van der Waals surface area (Å²) in [5.41, 5.74) is -0.0778. The van der Waals surface area contributed by atoms with Crippen molar-refractivity contribution >= 4 is 17.3 Å². The molecule has 2 aliphatic carbocycles. The lowest BCUT2D eigenvalue weighted by molar-refractivity contribution is -0.121. The summed E-state index contributed by atoms with van der Waals surface area (Å²) in [5, 5.41) is 19.7. The third kappa shape index (κ3) is 1.66. The van der Waals surface area contributed by atoms with Gasteiger partial charge < -0.3 is 10.2 Å². The van der Waals surface area contributed by atoms with Gasteiger partial charge in [-0.2, -0.15) is 0 Å². The Labute approximate surface area is 114 Å². The van der Waals surface area contributed by atoms with Gasteiger partial charge in [-0.15, -0.1) is 0 Å². The number of Topliss-reactive ketones (excluding diaryl/α,β-unsaturated/α-hetero) is 3. The molecule has 0 amide bonds. The van der Waals surface area contributed by atoms with Gasteiger partial charge >= 0.3 is 0 Å². The van der Waals surface area contributed by atoms with Crippen LogP contribution < -0.4 is 0 Å². The van der Waals surface area contributed by atoms with Crippen LogP contribution in [0.4, 0.5) is 0 Å².